The highest BCUT2D eigenvalue weighted by Gasteiger charge is 2.31. The van der Waals surface area contributed by atoms with Crippen LogP contribution < -0.4 is 5.73 Å². The lowest BCUT2D eigenvalue weighted by Crippen LogP contribution is -2.42. The monoisotopic (exact) mass is 443 g/mol. The molecule has 1 aliphatic carbocycles. The van der Waals surface area contributed by atoms with E-state index in [1.165, 1.54) is 25.6 Å². The molecule has 3 heterocycles. The van der Waals surface area contributed by atoms with Crippen LogP contribution in [0.3, 0.4) is 0 Å². The van der Waals surface area contributed by atoms with Crippen LogP contribution in [0.1, 0.15) is 60.4 Å². The van der Waals surface area contributed by atoms with Crippen molar-refractivity contribution in [1.82, 2.24) is 19.4 Å². The number of likely N-dealkylation sites (tertiary alicyclic amines) is 1. The van der Waals surface area contributed by atoms with Crippen LogP contribution >= 0.6 is 23.2 Å². The summed E-state index contributed by atoms with van der Waals surface area (Å²) in [7, 11) is 0. The van der Waals surface area contributed by atoms with Crippen molar-refractivity contribution in [2.45, 2.75) is 44.4 Å². The van der Waals surface area contributed by atoms with E-state index in [4.69, 9.17) is 28.9 Å². The number of rotatable bonds is 3. The number of carbonyl (C=O) groups is 1. The Kier molecular flexibility index (Phi) is 5.07. The van der Waals surface area contributed by atoms with Gasteiger partial charge in [-0.3, -0.25) is 9.36 Å². The number of carbonyl (C=O) groups excluding carboxylic acids is 1. The lowest BCUT2D eigenvalue weighted by Gasteiger charge is -2.33. The van der Waals surface area contributed by atoms with Gasteiger partial charge in [0.25, 0.3) is 5.91 Å². The highest BCUT2D eigenvalue weighted by atomic mass is 35.5. The number of benzene rings is 1. The molecular formula is C22H23Cl2N5O. The predicted octanol–water partition coefficient (Wildman–Crippen LogP) is 5.20. The lowest BCUT2D eigenvalue weighted by molar-refractivity contribution is 0.0650. The molecule has 156 valence electrons. The predicted molar refractivity (Wildman–Crippen MR) is 120 cm³/mol. The molecule has 2 aromatic heterocycles. The van der Waals surface area contributed by atoms with Crippen molar-refractivity contribution in [3.8, 4) is 5.82 Å². The molecule has 1 saturated heterocycles. The number of nitrogens with two attached hydrogens (primary N) is 1. The smallest absolute Gasteiger partial charge is 0.255 e. The third kappa shape index (κ3) is 3.13. The van der Waals surface area contributed by atoms with Gasteiger partial charge in [-0.2, -0.15) is 0 Å². The molecule has 1 amide bonds. The van der Waals surface area contributed by atoms with Crippen molar-refractivity contribution in [2.75, 3.05) is 18.8 Å². The number of anilines is 1. The molecule has 30 heavy (non-hydrogen) atoms. The van der Waals surface area contributed by atoms with E-state index in [1.54, 1.807) is 0 Å². The zero-order valence-electron chi connectivity index (χ0n) is 16.6. The van der Waals surface area contributed by atoms with Crippen LogP contribution in [0, 0.1) is 0 Å². The van der Waals surface area contributed by atoms with Gasteiger partial charge in [0.2, 0.25) is 0 Å². The topological polar surface area (TPSA) is 77.0 Å². The number of amides is 1. The van der Waals surface area contributed by atoms with Crippen molar-refractivity contribution in [1.29, 1.82) is 0 Å². The lowest BCUT2D eigenvalue weighted by atomic mass is 9.80. The van der Waals surface area contributed by atoms with Gasteiger partial charge in [0, 0.05) is 24.7 Å². The fraction of sp³-hybridized carbons (Fsp3) is 0.409. The van der Waals surface area contributed by atoms with Crippen LogP contribution in [0.25, 0.3) is 16.7 Å². The number of fused-ring (bicyclic) bond motifs is 1. The van der Waals surface area contributed by atoms with Crippen molar-refractivity contribution in [3.05, 3.63) is 45.8 Å². The summed E-state index contributed by atoms with van der Waals surface area (Å²) in [6, 6.07) is 3.89. The summed E-state index contributed by atoms with van der Waals surface area (Å²) in [6.45, 7) is 1.60. The van der Waals surface area contributed by atoms with Gasteiger partial charge in [0.05, 0.1) is 16.1 Å². The van der Waals surface area contributed by atoms with Crippen LogP contribution in [0.2, 0.25) is 10.0 Å². The summed E-state index contributed by atoms with van der Waals surface area (Å²) in [5.41, 5.74) is 8.51. The Morgan fingerprint density at radius 2 is 1.87 bits per heavy atom. The van der Waals surface area contributed by atoms with E-state index in [0.717, 1.165) is 48.8 Å². The minimum absolute atomic E-state index is 0.0470. The first-order valence-corrected chi connectivity index (χ1v) is 11.2. The second kappa shape index (κ2) is 7.75. The van der Waals surface area contributed by atoms with Crippen molar-refractivity contribution >= 4 is 45.8 Å². The van der Waals surface area contributed by atoms with Gasteiger partial charge in [-0.25, -0.2) is 9.97 Å². The molecule has 0 bridgehead atoms. The van der Waals surface area contributed by atoms with Gasteiger partial charge in [-0.1, -0.05) is 42.5 Å². The summed E-state index contributed by atoms with van der Waals surface area (Å²) in [5, 5.41) is 1.81. The zero-order chi connectivity index (χ0) is 20.8. The molecule has 0 spiro atoms. The maximum Gasteiger partial charge on any atom is 0.255 e. The zero-order valence-corrected chi connectivity index (χ0v) is 18.1. The largest absolute Gasteiger partial charge is 0.382 e. The van der Waals surface area contributed by atoms with Gasteiger partial charge >= 0.3 is 0 Å². The summed E-state index contributed by atoms with van der Waals surface area (Å²) >= 11 is 13.2. The number of nitrogens with zero attached hydrogens (tertiary/aromatic N) is 4. The molecular weight excluding hydrogens is 421 g/mol. The van der Waals surface area contributed by atoms with Crippen molar-refractivity contribution < 1.29 is 4.79 Å². The highest BCUT2D eigenvalue weighted by molar-refractivity contribution is 6.35. The summed E-state index contributed by atoms with van der Waals surface area (Å²) in [4.78, 5) is 23.5. The molecule has 0 radical (unpaired) electrons. The van der Waals surface area contributed by atoms with Crippen LogP contribution in [-0.4, -0.2) is 38.4 Å². The Balaban J connectivity index is 1.74. The SMILES string of the molecule is Nc1ncnc(-n2ccc3c(C4CCCCC4)c(C(=O)N4CCC4)c(Cl)cc32)c1Cl. The molecule has 3 aromatic rings. The normalized spacial score (nSPS) is 17.3. The molecule has 0 atom stereocenters. The second-order valence-corrected chi connectivity index (χ2v) is 8.93. The Bertz CT molecular complexity index is 1130. The van der Waals surface area contributed by atoms with Crippen LogP contribution in [0.4, 0.5) is 5.82 Å². The Hall–Kier alpha value is -2.31. The van der Waals surface area contributed by atoms with Gasteiger partial charge < -0.3 is 10.6 Å². The molecule has 1 saturated carbocycles. The van der Waals surface area contributed by atoms with Gasteiger partial charge in [-0.05, 0) is 42.9 Å². The molecule has 5 rings (SSSR count). The van der Waals surface area contributed by atoms with E-state index in [-0.39, 0.29) is 11.7 Å². The minimum atomic E-state index is 0.0470. The van der Waals surface area contributed by atoms with E-state index in [1.807, 2.05) is 27.8 Å². The third-order valence-electron chi connectivity index (χ3n) is 6.38. The summed E-state index contributed by atoms with van der Waals surface area (Å²) in [5.74, 6) is 1.10. The molecule has 1 aliphatic heterocycles. The van der Waals surface area contributed by atoms with E-state index in [0.29, 0.717) is 27.3 Å². The average Bonchev–Trinajstić information content (AvgIpc) is 3.11. The standard InChI is InChI=1S/C22H23Cl2N5O/c23-15-11-16-14(7-10-29(16)21-19(24)20(25)26-12-27-21)17(13-5-2-1-3-6-13)18(15)22(30)28-8-4-9-28/h7,10-13H,1-6,8-9H2,(H2,25,26,27). The first kappa shape index (κ1) is 19.6. The van der Waals surface area contributed by atoms with E-state index >= 15 is 0 Å². The van der Waals surface area contributed by atoms with Gasteiger partial charge in [-0.15, -0.1) is 0 Å². The summed E-state index contributed by atoms with van der Waals surface area (Å²) < 4.78 is 1.88. The maximum absolute atomic E-state index is 13.3. The first-order valence-electron chi connectivity index (χ1n) is 10.5. The summed E-state index contributed by atoms with van der Waals surface area (Å²) in [6.07, 6.45) is 10.1. The molecule has 2 N–H and O–H groups in total. The van der Waals surface area contributed by atoms with Crippen LogP contribution in [-0.2, 0) is 0 Å². The minimum Gasteiger partial charge on any atom is -0.382 e. The maximum atomic E-state index is 13.3. The highest BCUT2D eigenvalue weighted by Crippen LogP contribution is 2.43. The van der Waals surface area contributed by atoms with Gasteiger partial charge in [0.1, 0.15) is 17.2 Å². The Labute approximate surface area is 185 Å². The number of hydrogen-bond donors (Lipinski definition) is 1. The van der Waals surface area contributed by atoms with Crippen LogP contribution in [0.15, 0.2) is 24.7 Å². The molecule has 8 heteroatoms. The number of aromatic nitrogens is 3. The third-order valence-corrected chi connectivity index (χ3v) is 7.05. The fourth-order valence-corrected chi connectivity index (χ4v) is 5.19. The number of nitrogen functional groups attached to an aromatic ring is 1. The number of halogens is 2. The quantitative estimate of drug-likeness (QED) is 0.602. The van der Waals surface area contributed by atoms with Crippen molar-refractivity contribution in [2.24, 2.45) is 0 Å². The molecule has 1 aromatic carbocycles. The van der Waals surface area contributed by atoms with Gasteiger partial charge in [0.15, 0.2) is 5.82 Å². The van der Waals surface area contributed by atoms with E-state index in [2.05, 4.69) is 9.97 Å². The molecule has 2 aliphatic rings. The fourth-order valence-electron chi connectivity index (χ4n) is 4.71. The average molecular weight is 444 g/mol. The molecule has 2 fully saturated rings. The van der Waals surface area contributed by atoms with Crippen LogP contribution in [0.5, 0.6) is 0 Å². The van der Waals surface area contributed by atoms with Crippen molar-refractivity contribution in [3.63, 3.8) is 0 Å². The van der Waals surface area contributed by atoms with E-state index in [9.17, 15) is 4.79 Å². The Morgan fingerprint density at radius 1 is 1.10 bits per heavy atom. The molecule has 0 unspecified atom stereocenters. The number of hydrogen-bond acceptors (Lipinski definition) is 4. The second-order valence-electron chi connectivity index (χ2n) is 8.14. The Morgan fingerprint density at radius 3 is 2.57 bits per heavy atom. The van der Waals surface area contributed by atoms with E-state index < -0.39 is 0 Å². The first-order chi connectivity index (χ1) is 14.6. The molecule has 6 nitrogen and oxygen atoms in total.